The number of alkyl halides is 3. The second-order valence-electron chi connectivity index (χ2n) is 7.91. The topological polar surface area (TPSA) is 9.23 Å². The molecular weight excluding hydrogens is 416 g/mol. The minimum Gasteiger partial charge on any atom is -0.403 e. The van der Waals surface area contributed by atoms with Crippen LogP contribution in [0.5, 0.6) is 5.75 Å². The van der Waals surface area contributed by atoms with Gasteiger partial charge >= 0.3 is 6.36 Å². The van der Waals surface area contributed by atoms with Crippen LogP contribution >= 0.6 is 0 Å². The van der Waals surface area contributed by atoms with Crippen molar-refractivity contribution in [2.45, 2.75) is 45.4 Å². The van der Waals surface area contributed by atoms with Crippen molar-refractivity contribution in [3.05, 3.63) is 88.2 Å². The Hall–Kier alpha value is -3.26. The summed E-state index contributed by atoms with van der Waals surface area (Å²) in [4.78, 5) is 0. The van der Waals surface area contributed by atoms with E-state index in [2.05, 4.69) is 47.8 Å². The molecule has 3 aromatic carbocycles. The molecule has 0 fully saturated rings. The van der Waals surface area contributed by atoms with Gasteiger partial charge in [-0.15, -0.1) is 13.2 Å². The molecule has 4 rings (SSSR count). The molecule has 0 radical (unpaired) electrons. The molecule has 1 aliphatic rings. The lowest BCUT2D eigenvalue weighted by atomic mass is 9.83. The first-order valence-electron chi connectivity index (χ1n) is 10.6. The van der Waals surface area contributed by atoms with Crippen LogP contribution in [0.15, 0.2) is 54.6 Å². The van der Waals surface area contributed by atoms with Gasteiger partial charge in [-0.05, 0) is 83.8 Å². The number of benzene rings is 3. The Bertz CT molecular complexity index is 1200. The van der Waals surface area contributed by atoms with Crippen LogP contribution in [0.2, 0.25) is 0 Å². The maximum Gasteiger partial charge on any atom is 0.573 e. The summed E-state index contributed by atoms with van der Waals surface area (Å²) in [5.74, 6) is 3.83. The number of hydrogen-bond acceptors (Lipinski definition) is 1. The fourth-order valence-corrected chi connectivity index (χ4v) is 3.99. The van der Waals surface area contributed by atoms with Crippen LogP contribution in [-0.4, -0.2) is 6.36 Å². The Labute approximate surface area is 185 Å². The first kappa shape index (κ1) is 22.0. The van der Waals surface area contributed by atoms with Crippen LogP contribution in [0.25, 0.3) is 11.1 Å². The Balaban J connectivity index is 1.54. The molecule has 0 heterocycles. The van der Waals surface area contributed by atoms with Crippen LogP contribution in [-0.2, 0) is 19.3 Å². The van der Waals surface area contributed by atoms with Crippen molar-refractivity contribution in [3.8, 4) is 28.7 Å². The molecule has 0 saturated carbocycles. The Kier molecular flexibility index (Phi) is 6.23. The highest BCUT2D eigenvalue weighted by molar-refractivity contribution is 5.74. The predicted octanol–water partition coefficient (Wildman–Crippen LogP) is 7.23. The molecule has 0 bridgehead atoms. The zero-order valence-corrected chi connectivity index (χ0v) is 17.7. The molecule has 0 aliphatic heterocycles. The minimum atomic E-state index is -4.94. The highest BCUT2D eigenvalue weighted by Gasteiger charge is 2.32. The number of aryl methyl sites for hydroxylation is 3. The highest BCUT2D eigenvalue weighted by atomic mass is 19.4. The van der Waals surface area contributed by atoms with E-state index in [1.165, 1.54) is 46.7 Å². The van der Waals surface area contributed by atoms with Crippen LogP contribution in [0.3, 0.4) is 0 Å². The van der Waals surface area contributed by atoms with Crippen molar-refractivity contribution in [3.63, 3.8) is 0 Å². The molecule has 32 heavy (non-hydrogen) atoms. The Morgan fingerprint density at radius 3 is 2.12 bits per heavy atom. The van der Waals surface area contributed by atoms with Crippen molar-refractivity contribution in [2.75, 3.05) is 0 Å². The van der Waals surface area contributed by atoms with Crippen molar-refractivity contribution in [1.82, 2.24) is 0 Å². The van der Waals surface area contributed by atoms with Gasteiger partial charge in [-0.1, -0.05) is 49.5 Å². The van der Waals surface area contributed by atoms with Crippen LogP contribution in [0.1, 0.15) is 47.6 Å². The van der Waals surface area contributed by atoms with Gasteiger partial charge in [-0.3, -0.25) is 0 Å². The second kappa shape index (κ2) is 9.08. The predicted molar refractivity (Wildman–Crippen MR) is 117 cm³/mol. The number of halogens is 4. The molecule has 0 N–H and O–H groups in total. The normalized spacial score (nSPS) is 12.4. The number of ether oxygens (including phenoxy) is 1. The fourth-order valence-electron chi connectivity index (χ4n) is 3.99. The fraction of sp³-hybridized carbons (Fsp3) is 0.259. The summed E-state index contributed by atoms with van der Waals surface area (Å²) in [6.45, 7) is 2.20. The highest BCUT2D eigenvalue weighted by Crippen LogP contribution is 2.35. The SMILES string of the molecule is CCCCc1ccc2c(c1)CCc1cc(C#Cc3ccc(OC(F)(F)F)c(F)c3)ccc1-2. The monoisotopic (exact) mass is 438 g/mol. The number of fused-ring (bicyclic) bond motifs is 3. The zero-order valence-electron chi connectivity index (χ0n) is 17.7. The van der Waals surface area contributed by atoms with E-state index in [1.807, 2.05) is 12.1 Å². The van der Waals surface area contributed by atoms with E-state index in [9.17, 15) is 17.6 Å². The molecule has 1 nitrogen and oxygen atoms in total. The first-order chi connectivity index (χ1) is 15.3. The molecule has 1 aliphatic carbocycles. The summed E-state index contributed by atoms with van der Waals surface area (Å²) in [5.41, 5.74) is 7.50. The van der Waals surface area contributed by atoms with E-state index >= 15 is 0 Å². The molecule has 0 unspecified atom stereocenters. The van der Waals surface area contributed by atoms with Gasteiger partial charge in [0.05, 0.1) is 0 Å². The summed E-state index contributed by atoms with van der Waals surface area (Å²) in [7, 11) is 0. The number of hydrogen-bond donors (Lipinski definition) is 0. The van der Waals surface area contributed by atoms with Gasteiger partial charge < -0.3 is 4.74 Å². The van der Waals surface area contributed by atoms with Crippen molar-refractivity contribution in [1.29, 1.82) is 0 Å². The maximum absolute atomic E-state index is 13.9. The van der Waals surface area contributed by atoms with Gasteiger partial charge in [-0.2, -0.15) is 0 Å². The number of rotatable bonds is 4. The lowest BCUT2D eigenvalue weighted by Gasteiger charge is -2.21. The van der Waals surface area contributed by atoms with E-state index < -0.39 is 17.9 Å². The molecular formula is C27H22F4O. The number of unbranched alkanes of at least 4 members (excludes halogenated alkanes) is 1. The quantitative estimate of drug-likeness (QED) is 0.308. The van der Waals surface area contributed by atoms with Crippen LogP contribution < -0.4 is 4.74 Å². The molecule has 0 aromatic heterocycles. The Morgan fingerprint density at radius 2 is 1.47 bits per heavy atom. The van der Waals surface area contributed by atoms with Crippen molar-refractivity contribution >= 4 is 0 Å². The molecule has 164 valence electrons. The smallest absolute Gasteiger partial charge is 0.403 e. The van der Waals surface area contributed by atoms with Gasteiger partial charge in [0.2, 0.25) is 0 Å². The minimum absolute atomic E-state index is 0.277. The molecule has 0 amide bonds. The third kappa shape index (κ3) is 5.13. The molecule has 0 saturated heterocycles. The van der Waals surface area contributed by atoms with E-state index in [0.29, 0.717) is 0 Å². The summed E-state index contributed by atoms with van der Waals surface area (Å²) in [6, 6.07) is 15.9. The molecule has 5 heteroatoms. The third-order valence-corrected chi connectivity index (χ3v) is 5.56. The summed E-state index contributed by atoms with van der Waals surface area (Å²) >= 11 is 0. The van der Waals surface area contributed by atoms with Gasteiger partial charge in [-0.25, -0.2) is 4.39 Å². The van der Waals surface area contributed by atoms with Crippen LogP contribution in [0.4, 0.5) is 17.6 Å². The van der Waals surface area contributed by atoms with E-state index in [4.69, 9.17) is 0 Å². The lowest BCUT2D eigenvalue weighted by Crippen LogP contribution is -2.17. The van der Waals surface area contributed by atoms with E-state index in [-0.39, 0.29) is 5.56 Å². The van der Waals surface area contributed by atoms with E-state index in [0.717, 1.165) is 37.0 Å². The van der Waals surface area contributed by atoms with Crippen molar-refractivity contribution in [2.24, 2.45) is 0 Å². The lowest BCUT2D eigenvalue weighted by molar-refractivity contribution is -0.275. The maximum atomic E-state index is 13.9. The van der Waals surface area contributed by atoms with E-state index in [1.54, 1.807) is 0 Å². The summed E-state index contributed by atoms with van der Waals surface area (Å²) < 4.78 is 54.3. The largest absolute Gasteiger partial charge is 0.573 e. The molecule has 0 spiro atoms. The molecule has 0 atom stereocenters. The first-order valence-corrected chi connectivity index (χ1v) is 10.6. The Morgan fingerprint density at radius 1 is 0.844 bits per heavy atom. The zero-order chi connectivity index (χ0) is 22.7. The standard InChI is InChI=1S/C27H22F4O/c1-2-3-4-18-7-12-23-21(15-18)10-11-22-16-19(8-13-24(22)23)5-6-20-9-14-26(25(28)17-20)32-27(29,30)31/h7-9,12-17H,2-4,10-11H2,1H3. The summed E-state index contributed by atoms with van der Waals surface area (Å²) in [6.07, 6.45) is 0.446. The average molecular weight is 438 g/mol. The third-order valence-electron chi connectivity index (χ3n) is 5.56. The van der Waals surface area contributed by atoms with Gasteiger partial charge in [0, 0.05) is 11.1 Å². The molecule has 3 aromatic rings. The summed E-state index contributed by atoms with van der Waals surface area (Å²) in [5, 5.41) is 0. The second-order valence-corrected chi connectivity index (χ2v) is 7.91. The van der Waals surface area contributed by atoms with Crippen molar-refractivity contribution < 1.29 is 22.3 Å². The van der Waals surface area contributed by atoms with Crippen LogP contribution in [0, 0.1) is 17.7 Å². The average Bonchev–Trinajstić information content (AvgIpc) is 2.76. The van der Waals surface area contributed by atoms with Gasteiger partial charge in [0.25, 0.3) is 0 Å². The van der Waals surface area contributed by atoms with Gasteiger partial charge in [0.1, 0.15) is 0 Å². The van der Waals surface area contributed by atoms with Gasteiger partial charge in [0.15, 0.2) is 11.6 Å².